The molecule has 0 N–H and O–H groups in total. The third-order valence-electron chi connectivity index (χ3n) is 9.36. The Morgan fingerprint density at radius 2 is 1.09 bits per heavy atom. The highest BCUT2D eigenvalue weighted by Gasteiger charge is 2.51. The zero-order valence-electron chi connectivity index (χ0n) is 24.9. The number of fused-ring (bicyclic) bond motifs is 7. The Hall–Kier alpha value is -4.58. The number of hydrogen-bond acceptors (Lipinski definition) is 3. The number of aromatic nitrogens is 1. The van der Waals surface area contributed by atoms with Crippen LogP contribution in [0.3, 0.4) is 0 Å². The molecule has 2 aliphatic rings. The van der Waals surface area contributed by atoms with Crippen molar-refractivity contribution in [1.29, 1.82) is 0 Å². The van der Waals surface area contributed by atoms with Crippen LogP contribution >= 0.6 is 0 Å². The van der Waals surface area contributed by atoms with E-state index in [9.17, 15) is 0 Å². The molecule has 8 rings (SSSR count). The lowest BCUT2D eigenvalue weighted by Gasteiger charge is -2.32. The van der Waals surface area contributed by atoms with Crippen LogP contribution < -0.4 is 10.4 Å². The molecular formula is C38H33BN2O2. The third kappa shape index (κ3) is 3.92. The van der Waals surface area contributed by atoms with E-state index in [1.807, 2.05) is 0 Å². The summed E-state index contributed by atoms with van der Waals surface area (Å²) in [6, 6.07) is 45.5. The highest BCUT2D eigenvalue weighted by Crippen LogP contribution is 2.54. The van der Waals surface area contributed by atoms with E-state index in [-0.39, 0.29) is 0 Å². The predicted molar refractivity (Wildman–Crippen MR) is 178 cm³/mol. The van der Waals surface area contributed by atoms with Crippen LogP contribution in [0.15, 0.2) is 127 Å². The first-order valence-corrected chi connectivity index (χ1v) is 15.0. The lowest BCUT2D eigenvalue weighted by atomic mass is 9.78. The molecule has 43 heavy (non-hydrogen) atoms. The molecule has 1 saturated heterocycles. The van der Waals surface area contributed by atoms with E-state index in [4.69, 9.17) is 9.31 Å². The quantitative estimate of drug-likeness (QED) is 0.202. The number of anilines is 3. The van der Waals surface area contributed by atoms with Crippen LogP contribution in [0.4, 0.5) is 17.1 Å². The summed E-state index contributed by atoms with van der Waals surface area (Å²) in [4.78, 5) is 2.39. The van der Waals surface area contributed by atoms with Crippen LogP contribution in [-0.4, -0.2) is 22.9 Å². The van der Waals surface area contributed by atoms with Crippen molar-refractivity contribution in [1.82, 2.24) is 4.57 Å². The zero-order valence-corrected chi connectivity index (χ0v) is 24.9. The normalized spacial score (nSPS) is 16.5. The van der Waals surface area contributed by atoms with Gasteiger partial charge in [-0.25, -0.2) is 0 Å². The summed E-state index contributed by atoms with van der Waals surface area (Å²) >= 11 is 0. The van der Waals surface area contributed by atoms with Gasteiger partial charge in [-0.05, 0) is 75.6 Å². The molecule has 4 nitrogen and oxygen atoms in total. The van der Waals surface area contributed by atoms with Crippen molar-refractivity contribution >= 4 is 40.5 Å². The van der Waals surface area contributed by atoms with Gasteiger partial charge in [0.2, 0.25) is 0 Å². The molecule has 0 saturated carbocycles. The first-order chi connectivity index (χ1) is 20.8. The van der Waals surface area contributed by atoms with Gasteiger partial charge in [-0.3, -0.25) is 0 Å². The van der Waals surface area contributed by atoms with E-state index in [0.717, 1.165) is 33.7 Å². The summed E-state index contributed by atoms with van der Waals surface area (Å²) < 4.78 is 15.5. The Morgan fingerprint density at radius 3 is 1.74 bits per heavy atom. The number of nitrogens with zero attached hydrogens (tertiary/aromatic N) is 2. The summed E-state index contributed by atoms with van der Waals surface area (Å²) in [5.41, 5.74) is 10.6. The lowest BCUT2D eigenvalue weighted by Crippen LogP contribution is -2.41. The second-order valence-electron chi connectivity index (χ2n) is 12.5. The highest BCUT2D eigenvalue weighted by molar-refractivity contribution is 6.62. The molecule has 3 heterocycles. The Labute approximate surface area is 253 Å². The third-order valence-corrected chi connectivity index (χ3v) is 9.36. The van der Waals surface area contributed by atoms with Crippen molar-refractivity contribution in [2.45, 2.75) is 38.9 Å². The first kappa shape index (κ1) is 26.1. The molecule has 210 valence electrons. The fraction of sp³-hybridized carbons (Fsp3) is 0.158. The molecule has 0 unspecified atom stereocenters. The molecule has 0 radical (unpaired) electrons. The summed E-state index contributed by atoms with van der Waals surface area (Å²) in [7, 11) is -0.445. The van der Waals surface area contributed by atoms with Crippen LogP contribution in [-0.2, 0) is 9.31 Å². The van der Waals surface area contributed by atoms with Gasteiger partial charge in [0.1, 0.15) is 0 Å². The van der Waals surface area contributed by atoms with E-state index in [0.29, 0.717) is 0 Å². The monoisotopic (exact) mass is 560 g/mol. The van der Waals surface area contributed by atoms with Crippen molar-refractivity contribution < 1.29 is 9.31 Å². The van der Waals surface area contributed by atoms with E-state index < -0.39 is 18.3 Å². The highest BCUT2D eigenvalue weighted by atomic mass is 16.7. The van der Waals surface area contributed by atoms with Gasteiger partial charge in [-0.15, -0.1) is 0 Å². The fourth-order valence-electron chi connectivity index (χ4n) is 6.54. The van der Waals surface area contributed by atoms with Gasteiger partial charge in [0, 0.05) is 33.5 Å². The Bertz CT molecular complexity index is 1980. The molecule has 0 amide bonds. The average Bonchev–Trinajstić information content (AvgIpc) is 3.42. The molecule has 0 atom stereocenters. The van der Waals surface area contributed by atoms with Crippen LogP contribution in [0, 0.1) is 0 Å². The van der Waals surface area contributed by atoms with Crippen LogP contribution in [0.25, 0.3) is 39.0 Å². The summed E-state index contributed by atoms with van der Waals surface area (Å²) in [5, 5.41) is 1.17. The topological polar surface area (TPSA) is 26.6 Å². The molecule has 0 spiro atoms. The first-order valence-electron chi connectivity index (χ1n) is 15.0. The smallest absolute Gasteiger partial charge is 0.399 e. The van der Waals surface area contributed by atoms with Crippen molar-refractivity contribution in [3.05, 3.63) is 127 Å². The molecule has 2 aliphatic heterocycles. The van der Waals surface area contributed by atoms with E-state index in [1.54, 1.807) is 0 Å². The van der Waals surface area contributed by atoms with Gasteiger partial charge in [0.15, 0.2) is 0 Å². The fourth-order valence-corrected chi connectivity index (χ4v) is 6.54. The zero-order chi connectivity index (χ0) is 29.3. The van der Waals surface area contributed by atoms with Gasteiger partial charge in [0.05, 0.1) is 33.8 Å². The maximum Gasteiger partial charge on any atom is 0.494 e. The molecule has 6 aromatic rings. The van der Waals surface area contributed by atoms with Gasteiger partial charge in [-0.2, -0.15) is 0 Å². The predicted octanol–water partition coefficient (Wildman–Crippen LogP) is 9.05. The summed E-state index contributed by atoms with van der Waals surface area (Å²) in [5.74, 6) is 0. The maximum atomic E-state index is 6.52. The van der Waals surface area contributed by atoms with Crippen LogP contribution in [0.5, 0.6) is 0 Å². The van der Waals surface area contributed by atoms with E-state index in [2.05, 4.69) is 165 Å². The summed E-state index contributed by atoms with van der Waals surface area (Å²) in [6.07, 6.45) is 0. The lowest BCUT2D eigenvalue weighted by molar-refractivity contribution is 0.00578. The average molecular weight is 561 g/mol. The van der Waals surface area contributed by atoms with Crippen molar-refractivity contribution in [2.75, 3.05) is 4.90 Å². The van der Waals surface area contributed by atoms with Gasteiger partial charge in [-0.1, -0.05) is 84.9 Å². The number of para-hydroxylation sites is 4. The summed E-state index contributed by atoms with van der Waals surface area (Å²) in [6.45, 7) is 8.42. The van der Waals surface area contributed by atoms with Gasteiger partial charge >= 0.3 is 7.12 Å². The van der Waals surface area contributed by atoms with Gasteiger partial charge in [0.25, 0.3) is 0 Å². The number of benzene rings is 5. The van der Waals surface area contributed by atoms with Crippen LogP contribution in [0.1, 0.15) is 27.7 Å². The number of rotatable bonds is 3. The van der Waals surface area contributed by atoms with E-state index in [1.165, 1.54) is 27.8 Å². The Morgan fingerprint density at radius 1 is 0.558 bits per heavy atom. The maximum absolute atomic E-state index is 6.52. The van der Waals surface area contributed by atoms with Crippen molar-refractivity contribution in [3.8, 4) is 28.1 Å². The minimum Gasteiger partial charge on any atom is -0.399 e. The minimum atomic E-state index is -0.445. The largest absolute Gasteiger partial charge is 0.494 e. The number of hydrogen-bond donors (Lipinski definition) is 0. The van der Waals surface area contributed by atoms with Crippen LogP contribution in [0.2, 0.25) is 0 Å². The molecule has 1 aromatic heterocycles. The molecule has 0 bridgehead atoms. The SMILES string of the molecule is CC1(C)OB(c2ccc3c(c2)c2c(n3-c3ccccc3)-c3ccccc3N(c3ccccc3)c3ccccc3-2)OC1(C)C. The van der Waals surface area contributed by atoms with Crippen molar-refractivity contribution in [3.63, 3.8) is 0 Å². The molecule has 5 aromatic carbocycles. The molecule has 1 fully saturated rings. The second-order valence-corrected chi connectivity index (χ2v) is 12.5. The minimum absolute atomic E-state index is 0.415. The molecule has 0 aliphatic carbocycles. The second kappa shape index (κ2) is 9.47. The standard InChI is InChI=1S/C38H33BN2O2/c1-37(2)38(3,4)43-39(42-37)26-23-24-34-31(25-26)35-29-19-11-13-21-32(29)40(27-15-7-5-8-16-27)33-22-14-12-20-30(33)36(35)41(34)28-17-9-6-10-18-28/h5-25H,1-4H3. The van der Waals surface area contributed by atoms with Crippen molar-refractivity contribution in [2.24, 2.45) is 0 Å². The van der Waals surface area contributed by atoms with E-state index >= 15 is 0 Å². The molecule has 5 heteroatoms. The Kier molecular flexibility index (Phi) is 5.74. The Balaban J connectivity index is 1.48. The van der Waals surface area contributed by atoms with Gasteiger partial charge < -0.3 is 18.8 Å². The molecular weight excluding hydrogens is 527 g/mol.